The molecule has 2 N–H and O–H groups in total. The second-order valence-corrected chi connectivity index (χ2v) is 5.15. The van der Waals surface area contributed by atoms with E-state index in [-0.39, 0.29) is 10.2 Å². The van der Waals surface area contributed by atoms with Crippen LogP contribution in [0.2, 0.25) is 0 Å². The smallest absolute Gasteiger partial charge is 0.150 e. The van der Waals surface area contributed by atoms with Crippen LogP contribution in [0.5, 0.6) is 0 Å². The molecular weight excluding hydrogens is 386 g/mol. The number of rotatable bonds is 3. The third-order valence-electron chi connectivity index (χ3n) is 2.29. The van der Waals surface area contributed by atoms with Crippen LogP contribution >= 0.6 is 31.9 Å². The first-order valence-corrected chi connectivity index (χ1v) is 6.71. The first-order valence-electron chi connectivity index (χ1n) is 5.12. The molecule has 8 heteroatoms. The average Bonchev–Trinajstić information content (AvgIpc) is 2.38. The Bertz CT molecular complexity index is 622. The van der Waals surface area contributed by atoms with Crippen molar-refractivity contribution in [2.75, 3.05) is 17.7 Å². The Balaban J connectivity index is 2.39. The summed E-state index contributed by atoms with van der Waals surface area (Å²) < 4.78 is 27.7. The Morgan fingerprint density at radius 1 is 1.05 bits per heavy atom. The van der Waals surface area contributed by atoms with Crippen molar-refractivity contribution in [1.82, 2.24) is 9.97 Å². The monoisotopic (exact) mass is 392 g/mol. The second-order valence-electron chi connectivity index (χ2n) is 3.51. The predicted molar refractivity (Wildman–Crippen MR) is 76.6 cm³/mol. The lowest BCUT2D eigenvalue weighted by molar-refractivity contribution is 0.597. The van der Waals surface area contributed by atoms with Crippen molar-refractivity contribution in [3.63, 3.8) is 0 Å². The van der Waals surface area contributed by atoms with E-state index >= 15 is 0 Å². The van der Waals surface area contributed by atoms with Gasteiger partial charge in [0.25, 0.3) is 0 Å². The van der Waals surface area contributed by atoms with Crippen LogP contribution in [-0.4, -0.2) is 17.0 Å². The van der Waals surface area contributed by atoms with Crippen molar-refractivity contribution >= 4 is 49.2 Å². The Hall–Kier alpha value is -1.28. The quantitative estimate of drug-likeness (QED) is 0.772. The van der Waals surface area contributed by atoms with Gasteiger partial charge in [0, 0.05) is 13.1 Å². The summed E-state index contributed by atoms with van der Waals surface area (Å²) >= 11 is 6.20. The van der Waals surface area contributed by atoms with Gasteiger partial charge in [-0.15, -0.1) is 0 Å². The highest BCUT2D eigenvalue weighted by Crippen LogP contribution is 2.31. The first kappa shape index (κ1) is 14.1. The summed E-state index contributed by atoms with van der Waals surface area (Å²) in [6, 6.07) is 2.10. The van der Waals surface area contributed by atoms with Gasteiger partial charge in [0.15, 0.2) is 0 Å². The van der Waals surface area contributed by atoms with Gasteiger partial charge >= 0.3 is 0 Å². The van der Waals surface area contributed by atoms with E-state index in [1.54, 1.807) is 7.05 Å². The molecule has 0 amide bonds. The van der Waals surface area contributed by atoms with Crippen LogP contribution in [0, 0.1) is 11.6 Å². The molecule has 0 spiro atoms. The zero-order valence-electron chi connectivity index (χ0n) is 9.64. The summed E-state index contributed by atoms with van der Waals surface area (Å²) in [5, 5.41) is 5.55. The van der Waals surface area contributed by atoms with Crippen LogP contribution in [0.3, 0.4) is 0 Å². The lowest BCUT2D eigenvalue weighted by atomic mass is 10.3. The van der Waals surface area contributed by atoms with E-state index < -0.39 is 11.6 Å². The molecule has 1 heterocycles. The van der Waals surface area contributed by atoms with E-state index in [9.17, 15) is 8.78 Å². The first-order chi connectivity index (χ1) is 9.02. The van der Waals surface area contributed by atoms with Gasteiger partial charge < -0.3 is 10.6 Å². The number of aromatic nitrogens is 2. The van der Waals surface area contributed by atoms with E-state index in [4.69, 9.17) is 0 Å². The summed E-state index contributed by atoms with van der Waals surface area (Å²) in [6.07, 6.45) is 1.31. The van der Waals surface area contributed by atoms with E-state index in [1.807, 2.05) is 0 Å². The van der Waals surface area contributed by atoms with Crippen LogP contribution < -0.4 is 10.6 Å². The SMILES string of the molecule is CNc1ncnc(Nc2cc(F)c(Br)cc2F)c1Br. The molecule has 0 aliphatic carbocycles. The highest BCUT2D eigenvalue weighted by molar-refractivity contribution is 9.11. The van der Waals surface area contributed by atoms with Crippen molar-refractivity contribution < 1.29 is 8.78 Å². The normalized spacial score (nSPS) is 10.4. The molecule has 0 saturated carbocycles. The molecule has 0 atom stereocenters. The Morgan fingerprint density at radius 3 is 2.42 bits per heavy atom. The fraction of sp³-hybridized carbons (Fsp3) is 0.0909. The molecule has 0 aliphatic heterocycles. The Labute approximate surface area is 124 Å². The third-order valence-corrected chi connectivity index (χ3v) is 3.65. The van der Waals surface area contributed by atoms with Crippen LogP contribution in [0.4, 0.5) is 26.1 Å². The van der Waals surface area contributed by atoms with E-state index in [0.717, 1.165) is 12.1 Å². The van der Waals surface area contributed by atoms with Crippen molar-refractivity contribution in [2.24, 2.45) is 0 Å². The van der Waals surface area contributed by atoms with Gasteiger partial charge in [-0.3, -0.25) is 0 Å². The fourth-order valence-corrected chi connectivity index (χ4v) is 2.19. The number of benzene rings is 1. The Kier molecular flexibility index (Phi) is 4.31. The molecule has 2 aromatic rings. The molecule has 100 valence electrons. The zero-order chi connectivity index (χ0) is 14.0. The molecule has 4 nitrogen and oxygen atoms in total. The summed E-state index contributed by atoms with van der Waals surface area (Å²) in [6.45, 7) is 0. The van der Waals surface area contributed by atoms with Crippen LogP contribution in [0.15, 0.2) is 27.4 Å². The molecule has 2 rings (SSSR count). The molecule has 0 unspecified atom stereocenters. The lowest BCUT2D eigenvalue weighted by Crippen LogP contribution is -2.02. The van der Waals surface area contributed by atoms with E-state index in [0.29, 0.717) is 16.1 Å². The maximum Gasteiger partial charge on any atom is 0.150 e. The fourth-order valence-electron chi connectivity index (χ4n) is 1.38. The molecule has 0 radical (unpaired) electrons. The molecular formula is C11H8Br2F2N4. The number of nitrogens with one attached hydrogen (secondary N) is 2. The highest BCUT2D eigenvalue weighted by atomic mass is 79.9. The maximum absolute atomic E-state index is 13.7. The van der Waals surface area contributed by atoms with Crippen molar-refractivity contribution in [3.05, 3.63) is 39.0 Å². The summed E-state index contributed by atoms with van der Waals surface area (Å²) in [5.41, 5.74) is -0.0119. The maximum atomic E-state index is 13.7. The molecule has 0 fully saturated rings. The molecule has 0 aliphatic rings. The molecule has 0 saturated heterocycles. The van der Waals surface area contributed by atoms with Crippen LogP contribution in [-0.2, 0) is 0 Å². The number of hydrogen-bond acceptors (Lipinski definition) is 4. The van der Waals surface area contributed by atoms with Gasteiger partial charge in [0.2, 0.25) is 0 Å². The number of halogens is 4. The molecule has 0 bridgehead atoms. The van der Waals surface area contributed by atoms with Gasteiger partial charge in [-0.25, -0.2) is 18.7 Å². The zero-order valence-corrected chi connectivity index (χ0v) is 12.8. The predicted octanol–water partition coefficient (Wildman–Crippen LogP) is 4.07. The highest BCUT2D eigenvalue weighted by Gasteiger charge is 2.12. The van der Waals surface area contributed by atoms with Crippen molar-refractivity contribution in [2.45, 2.75) is 0 Å². The summed E-state index contributed by atoms with van der Waals surface area (Å²) in [4.78, 5) is 7.93. The lowest BCUT2D eigenvalue weighted by Gasteiger charge is -2.11. The number of nitrogens with zero attached hydrogens (tertiary/aromatic N) is 2. The van der Waals surface area contributed by atoms with Gasteiger partial charge in [-0.1, -0.05) is 0 Å². The minimum absolute atomic E-state index is 0.0119. The van der Waals surface area contributed by atoms with E-state index in [1.165, 1.54) is 6.33 Å². The average molecular weight is 394 g/mol. The molecule has 1 aromatic heterocycles. The minimum atomic E-state index is -0.593. The van der Waals surface area contributed by atoms with Crippen LogP contribution in [0.1, 0.15) is 0 Å². The van der Waals surface area contributed by atoms with Crippen molar-refractivity contribution in [3.8, 4) is 0 Å². The summed E-state index contributed by atoms with van der Waals surface area (Å²) in [5.74, 6) is -0.289. The molecule has 1 aromatic carbocycles. The van der Waals surface area contributed by atoms with Gasteiger partial charge in [-0.2, -0.15) is 0 Å². The minimum Gasteiger partial charge on any atom is -0.372 e. The third kappa shape index (κ3) is 3.01. The van der Waals surface area contributed by atoms with Gasteiger partial charge in [0.1, 0.15) is 34.1 Å². The van der Waals surface area contributed by atoms with E-state index in [2.05, 4.69) is 52.5 Å². The van der Waals surface area contributed by atoms with Gasteiger partial charge in [-0.05, 0) is 37.9 Å². The number of anilines is 3. The number of hydrogen-bond donors (Lipinski definition) is 2. The van der Waals surface area contributed by atoms with Crippen LogP contribution in [0.25, 0.3) is 0 Å². The van der Waals surface area contributed by atoms with Gasteiger partial charge in [0.05, 0.1) is 10.2 Å². The largest absolute Gasteiger partial charge is 0.372 e. The Morgan fingerprint density at radius 2 is 1.74 bits per heavy atom. The van der Waals surface area contributed by atoms with Crippen molar-refractivity contribution in [1.29, 1.82) is 0 Å². The standard InChI is InChI=1S/C11H8Br2F2N4/c1-16-10-9(13)11(18-4-17-10)19-8-3-6(14)5(12)2-7(8)15/h2-4H,1H3,(H2,16,17,18,19). The topological polar surface area (TPSA) is 49.8 Å². The summed E-state index contributed by atoms with van der Waals surface area (Å²) in [7, 11) is 1.69. The second kappa shape index (κ2) is 5.79. The molecule has 19 heavy (non-hydrogen) atoms.